The Morgan fingerprint density at radius 1 is 1.25 bits per heavy atom. The van der Waals surface area contributed by atoms with Crippen LogP contribution in [-0.4, -0.2) is 13.7 Å². The van der Waals surface area contributed by atoms with Gasteiger partial charge in [-0.2, -0.15) is 0 Å². The van der Waals surface area contributed by atoms with Crippen LogP contribution < -0.4 is 10.1 Å². The van der Waals surface area contributed by atoms with Crippen molar-refractivity contribution >= 4 is 11.6 Å². The first-order valence-corrected chi connectivity index (χ1v) is 6.86. The molecule has 0 saturated carbocycles. The summed E-state index contributed by atoms with van der Waals surface area (Å²) in [7, 11) is 1.62. The highest BCUT2D eigenvalue weighted by Gasteiger charge is 2.18. The second kappa shape index (κ2) is 6.73. The maximum absolute atomic E-state index is 13.7. The third kappa shape index (κ3) is 3.11. The van der Waals surface area contributed by atoms with Crippen molar-refractivity contribution in [3.63, 3.8) is 0 Å². The summed E-state index contributed by atoms with van der Waals surface area (Å²) in [4.78, 5) is 0. The molecule has 0 radical (unpaired) electrons. The van der Waals surface area contributed by atoms with Crippen molar-refractivity contribution in [2.45, 2.75) is 13.0 Å². The van der Waals surface area contributed by atoms with Crippen LogP contribution in [0.5, 0.6) is 5.75 Å². The first-order valence-electron chi connectivity index (χ1n) is 6.48. The van der Waals surface area contributed by atoms with Gasteiger partial charge in [-0.3, -0.25) is 0 Å². The Kier molecular flexibility index (Phi) is 4.99. The molecule has 0 heterocycles. The Hall–Kier alpha value is -1.58. The van der Waals surface area contributed by atoms with Crippen LogP contribution in [0.3, 0.4) is 0 Å². The lowest BCUT2D eigenvalue weighted by atomic mass is 9.98. The molecule has 2 rings (SSSR count). The third-order valence-electron chi connectivity index (χ3n) is 3.13. The van der Waals surface area contributed by atoms with Gasteiger partial charge in [0.15, 0.2) is 0 Å². The molecule has 2 nitrogen and oxygen atoms in total. The molecule has 0 aliphatic carbocycles. The fourth-order valence-corrected chi connectivity index (χ4v) is 2.41. The molecule has 0 saturated heterocycles. The standard InChI is InChI=1S/C16H17ClFNO/c1-3-19-16(11-6-4-7-12(10-11)20-2)13-8-5-9-14(18)15(13)17/h4-10,16,19H,3H2,1-2H3. The zero-order chi connectivity index (χ0) is 14.5. The van der Waals surface area contributed by atoms with E-state index in [1.54, 1.807) is 13.2 Å². The molecule has 0 aliphatic rings. The zero-order valence-electron chi connectivity index (χ0n) is 11.5. The predicted octanol–water partition coefficient (Wildman–Crippen LogP) is 4.19. The Morgan fingerprint density at radius 3 is 2.70 bits per heavy atom. The van der Waals surface area contributed by atoms with E-state index in [4.69, 9.17) is 16.3 Å². The van der Waals surface area contributed by atoms with Crippen molar-refractivity contribution in [3.8, 4) is 5.75 Å². The van der Waals surface area contributed by atoms with Gasteiger partial charge < -0.3 is 10.1 Å². The third-order valence-corrected chi connectivity index (χ3v) is 3.53. The van der Waals surface area contributed by atoms with E-state index in [1.807, 2.05) is 37.3 Å². The fourth-order valence-electron chi connectivity index (χ4n) is 2.18. The van der Waals surface area contributed by atoms with Gasteiger partial charge in [-0.15, -0.1) is 0 Å². The topological polar surface area (TPSA) is 21.3 Å². The molecular formula is C16H17ClFNO. The van der Waals surface area contributed by atoms with Crippen molar-refractivity contribution < 1.29 is 9.13 Å². The fraction of sp³-hybridized carbons (Fsp3) is 0.250. The van der Waals surface area contributed by atoms with Crippen molar-refractivity contribution in [1.29, 1.82) is 0 Å². The number of halogens is 2. The van der Waals surface area contributed by atoms with Gasteiger partial charge >= 0.3 is 0 Å². The second-order valence-corrected chi connectivity index (χ2v) is 4.79. The van der Waals surface area contributed by atoms with Gasteiger partial charge in [-0.05, 0) is 35.9 Å². The maximum Gasteiger partial charge on any atom is 0.142 e. The highest BCUT2D eigenvalue weighted by atomic mass is 35.5. The molecule has 0 spiro atoms. The SMILES string of the molecule is CCNC(c1cccc(OC)c1)c1cccc(F)c1Cl. The molecule has 0 bridgehead atoms. The highest BCUT2D eigenvalue weighted by molar-refractivity contribution is 6.31. The van der Waals surface area contributed by atoms with Crippen LogP contribution in [0.4, 0.5) is 4.39 Å². The van der Waals surface area contributed by atoms with E-state index in [1.165, 1.54) is 6.07 Å². The van der Waals surface area contributed by atoms with Crippen molar-refractivity contribution in [2.24, 2.45) is 0 Å². The summed E-state index contributed by atoms with van der Waals surface area (Å²) in [5.74, 6) is 0.355. The minimum absolute atomic E-state index is 0.154. The van der Waals surface area contributed by atoms with Crippen LogP contribution in [0, 0.1) is 5.82 Å². The average molecular weight is 294 g/mol. The first kappa shape index (κ1) is 14.8. The molecule has 0 aromatic heterocycles. The zero-order valence-corrected chi connectivity index (χ0v) is 12.2. The monoisotopic (exact) mass is 293 g/mol. The predicted molar refractivity (Wildman–Crippen MR) is 79.9 cm³/mol. The molecule has 1 N–H and O–H groups in total. The van der Waals surface area contributed by atoms with Gasteiger partial charge in [0.25, 0.3) is 0 Å². The highest BCUT2D eigenvalue weighted by Crippen LogP contribution is 2.31. The molecule has 2 aromatic rings. The van der Waals surface area contributed by atoms with Crippen LogP contribution >= 0.6 is 11.6 Å². The van der Waals surface area contributed by atoms with E-state index in [9.17, 15) is 4.39 Å². The van der Waals surface area contributed by atoms with Crippen LogP contribution in [0.2, 0.25) is 5.02 Å². The molecular weight excluding hydrogens is 277 g/mol. The van der Waals surface area contributed by atoms with Gasteiger partial charge in [-0.25, -0.2) is 4.39 Å². The molecule has 2 aromatic carbocycles. The maximum atomic E-state index is 13.7. The van der Waals surface area contributed by atoms with Crippen molar-refractivity contribution in [3.05, 3.63) is 64.4 Å². The minimum Gasteiger partial charge on any atom is -0.497 e. The first-order chi connectivity index (χ1) is 9.67. The summed E-state index contributed by atoms with van der Waals surface area (Å²) in [5, 5.41) is 3.48. The van der Waals surface area contributed by atoms with Gasteiger partial charge in [0.2, 0.25) is 0 Å². The van der Waals surface area contributed by atoms with Crippen LogP contribution in [0.1, 0.15) is 24.1 Å². The summed E-state index contributed by atoms with van der Waals surface area (Å²) in [5.41, 5.74) is 1.71. The van der Waals surface area contributed by atoms with Gasteiger partial charge in [0, 0.05) is 0 Å². The van der Waals surface area contributed by atoms with E-state index in [0.29, 0.717) is 0 Å². The molecule has 1 atom stereocenters. The molecule has 0 amide bonds. The Bertz CT molecular complexity index is 588. The number of nitrogens with one attached hydrogen (secondary N) is 1. The smallest absolute Gasteiger partial charge is 0.142 e. The number of rotatable bonds is 5. The number of methoxy groups -OCH3 is 1. The molecule has 4 heteroatoms. The summed E-state index contributed by atoms with van der Waals surface area (Å²) >= 11 is 6.10. The lowest BCUT2D eigenvalue weighted by Gasteiger charge is -2.21. The van der Waals surface area contributed by atoms with E-state index < -0.39 is 5.82 Å². The summed E-state index contributed by atoms with van der Waals surface area (Å²) in [6, 6.07) is 12.4. The van der Waals surface area contributed by atoms with E-state index >= 15 is 0 Å². The van der Waals surface area contributed by atoms with Crippen molar-refractivity contribution in [1.82, 2.24) is 5.32 Å². The number of benzene rings is 2. The van der Waals surface area contributed by atoms with Gasteiger partial charge in [-0.1, -0.05) is 42.8 Å². The lowest BCUT2D eigenvalue weighted by molar-refractivity contribution is 0.413. The van der Waals surface area contributed by atoms with Gasteiger partial charge in [0.1, 0.15) is 11.6 Å². The van der Waals surface area contributed by atoms with E-state index in [2.05, 4.69) is 5.32 Å². The number of ether oxygens (including phenoxy) is 1. The van der Waals surface area contributed by atoms with Gasteiger partial charge in [0.05, 0.1) is 18.2 Å². The Morgan fingerprint density at radius 2 is 2.00 bits per heavy atom. The number of hydrogen-bond donors (Lipinski definition) is 1. The summed E-state index contributed by atoms with van der Waals surface area (Å²) in [6.07, 6.45) is 0. The van der Waals surface area contributed by atoms with Crippen LogP contribution in [-0.2, 0) is 0 Å². The molecule has 0 aliphatic heterocycles. The quantitative estimate of drug-likeness (QED) is 0.892. The van der Waals surface area contributed by atoms with Crippen molar-refractivity contribution in [2.75, 3.05) is 13.7 Å². The van der Waals surface area contributed by atoms with E-state index in [0.717, 1.165) is 23.4 Å². The second-order valence-electron chi connectivity index (χ2n) is 4.41. The normalized spacial score (nSPS) is 12.2. The molecule has 106 valence electrons. The lowest BCUT2D eigenvalue weighted by Crippen LogP contribution is -2.22. The molecule has 20 heavy (non-hydrogen) atoms. The summed E-state index contributed by atoms with van der Waals surface area (Å²) in [6.45, 7) is 2.75. The van der Waals surface area contributed by atoms with Crippen LogP contribution in [0.25, 0.3) is 0 Å². The number of hydrogen-bond acceptors (Lipinski definition) is 2. The Balaban J connectivity index is 2.47. The average Bonchev–Trinajstić information content (AvgIpc) is 2.48. The molecule has 1 unspecified atom stereocenters. The largest absolute Gasteiger partial charge is 0.497 e. The summed E-state index contributed by atoms with van der Waals surface area (Å²) < 4.78 is 18.9. The molecule has 0 fully saturated rings. The minimum atomic E-state index is -0.407. The van der Waals surface area contributed by atoms with E-state index in [-0.39, 0.29) is 11.1 Å². The Labute approximate surface area is 123 Å². The van der Waals surface area contributed by atoms with Crippen LogP contribution in [0.15, 0.2) is 42.5 Å².